The number of anilines is 2. The zero-order chi connectivity index (χ0) is 23.1. The second-order valence-electron chi connectivity index (χ2n) is 10.1. The number of hydrogen-bond donors (Lipinski definition) is 0. The maximum absolute atomic E-state index is 13.2. The van der Waals surface area contributed by atoms with Crippen LogP contribution in [-0.4, -0.2) is 56.4 Å². The fourth-order valence-corrected chi connectivity index (χ4v) is 5.89. The molecule has 0 unspecified atom stereocenters. The fraction of sp³-hybridized carbons (Fsp3) is 0.417. The van der Waals surface area contributed by atoms with Crippen LogP contribution in [0.1, 0.15) is 24.2 Å². The molecule has 3 fully saturated rings. The smallest absolute Gasteiger partial charge is 0.231 e. The Morgan fingerprint density at radius 3 is 2.50 bits per heavy atom. The molecule has 1 aliphatic carbocycles. The van der Waals surface area contributed by atoms with Gasteiger partial charge in [0.25, 0.3) is 0 Å². The van der Waals surface area contributed by atoms with Crippen molar-refractivity contribution in [3.05, 3.63) is 58.8 Å². The minimum atomic E-state index is -0.411. The standard InChI is InChI=1S/C24H22ClFN8/c25-17-1-3-19-16(7-17)9-33(24(11-27)5-6-24)10-21-29-30-22(34(19)21)32-14-23(15-32)12-31(13-23)20-4-2-18(26)8-28-20/h1-4,7-8H,5-6,9-10,12-15H2. The van der Waals surface area contributed by atoms with E-state index in [0.29, 0.717) is 18.1 Å². The van der Waals surface area contributed by atoms with E-state index in [2.05, 4.69) is 40.5 Å². The van der Waals surface area contributed by atoms with Crippen LogP contribution >= 0.6 is 11.6 Å². The average Bonchev–Trinajstić information content (AvgIpc) is 3.51. The van der Waals surface area contributed by atoms with Crippen molar-refractivity contribution in [2.24, 2.45) is 5.41 Å². The van der Waals surface area contributed by atoms with Crippen molar-refractivity contribution >= 4 is 23.4 Å². The number of aromatic nitrogens is 4. The molecule has 0 amide bonds. The van der Waals surface area contributed by atoms with Crippen LogP contribution in [0.2, 0.25) is 5.02 Å². The molecule has 2 aromatic heterocycles. The van der Waals surface area contributed by atoms with Crippen molar-refractivity contribution in [3.63, 3.8) is 0 Å². The number of pyridine rings is 1. The van der Waals surface area contributed by atoms with Crippen molar-refractivity contribution in [1.82, 2.24) is 24.6 Å². The van der Waals surface area contributed by atoms with Crippen LogP contribution in [0.5, 0.6) is 0 Å². The van der Waals surface area contributed by atoms with Crippen LogP contribution < -0.4 is 9.80 Å². The van der Waals surface area contributed by atoms with E-state index >= 15 is 0 Å². The van der Waals surface area contributed by atoms with Crippen LogP contribution in [0.15, 0.2) is 36.5 Å². The van der Waals surface area contributed by atoms with Gasteiger partial charge in [-0.3, -0.25) is 9.47 Å². The van der Waals surface area contributed by atoms with Gasteiger partial charge < -0.3 is 9.80 Å². The van der Waals surface area contributed by atoms with E-state index in [1.54, 1.807) is 6.07 Å². The second kappa shape index (κ2) is 6.90. The Balaban J connectivity index is 1.16. The lowest BCUT2D eigenvalue weighted by atomic mass is 9.73. The normalized spacial score (nSPS) is 21.7. The molecule has 1 spiro atoms. The number of rotatable bonds is 3. The SMILES string of the molecule is N#CC1(N2Cc3cc(Cl)ccc3-n3c(nnc3N3CC4(CN(c5ccc(F)cn5)C4)C3)C2)CC1. The average molecular weight is 477 g/mol. The van der Waals surface area contributed by atoms with E-state index < -0.39 is 5.54 Å². The Morgan fingerprint density at radius 2 is 1.79 bits per heavy atom. The van der Waals surface area contributed by atoms with Gasteiger partial charge in [0.15, 0.2) is 5.82 Å². The van der Waals surface area contributed by atoms with E-state index in [9.17, 15) is 9.65 Å². The Morgan fingerprint density at radius 1 is 1.00 bits per heavy atom. The molecule has 8 nitrogen and oxygen atoms in total. The molecule has 4 aliphatic rings. The van der Waals surface area contributed by atoms with Crippen molar-refractivity contribution in [3.8, 4) is 11.8 Å². The zero-order valence-electron chi connectivity index (χ0n) is 18.5. The summed E-state index contributed by atoms with van der Waals surface area (Å²) in [6, 6.07) is 11.6. The minimum Gasteiger partial charge on any atom is -0.355 e. The number of nitrogens with zero attached hydrogens (tertiary/aromatic N) is 8. The van der Waals surface area contributed by atoms with Crippen molar-refractivity contribution < 1.29 is 4.39 Å². The van der Waals surface area contributed by atoms with Crippen molar-refractivity contribution in [2.45, 2.75) is 31.5 Å². The third kappa shape index (κ3) is 2.95. The zero-order valence-corrected chi connectivity index (χ0v) is 19.2. The summed E-state index contributed by atoms with van der Waals surface area (Å²) in [5.41, 5.74) is 1.90. The number of fused-ring (bicyclic) bond motifs is 3. The molecule has 1 aromatic carbocycles. The quantitative estimate of drug-likeness (QED) is 0.574. The molecule has 0 radical (unpaired) electrons. The van der Waals surface area contributed by atoms with Gasteiger partial charge in [0, 0.05) is 43.2 Å². The topological polar surface area (TPSA) is 77.1 Å². The van der Waals surface area contributed by atoms with Gasteiger partial charge in [-0.2, -0.15) is 5.26 Å². The molecule has 0 N–H and O–H groups in total. The first-order valence-electron chi connectivity index (χ1n) is 11.5. The number of nitriles is 1. The molecule has 3 aliphatic heterocycles. The summed E-state index contributed by atoms with van der Waals surface area (Å²) < 4.78 is 15.3. The van der Waals surface area contributed by atoms with Gasteiger partial charge >= 0.3 is 0 Å². The van der Waals surface area contributed by atoms with Gasteiger partial charge in [-0.05, 0) is 48.7 Å². The van der Waals surface area contributed by atoms with Gasteiger partial charge in [0.1, 0.15) is 17.2 Å². The van der Waals surface area contributed by atoms with Gasteiger partial charge in [0.2, 0.25) is 5.95 Å². The molecule has 34 heavy (non-hydrogen) atoms. The first kappa shape index (κ1) is 20.2. The summed E-state index contributed by atoms with van der Waals surface area (Å²) in [7, 11) is 0. The minimum absolute atomic E-state index is 0.195. The van der Waals surface area contributed by atoms with Crippen molar-refractivity contribution in [1.29, 1.82) is 5.26 Å². The lowest BCUT2D eigenvalue weighted by molar-refractivity contribution is 0.153. The molecule has 0 bridgehead atoms. The summed E-state index contributed by atoms with van der Waals surface area (Å²) in [4.78, 5) is 10.9. The Labute approximate surface area is 201 Å². The summed E-state index contributed by atoms with van der Waals surface area (Å²) >= 11 is 6.35. The molecule has 2 saturated heterocycles. The molecular weight excluding hydrogens is 455 g/mol. The molecule has 1 saturated carbocycles. The predicted octanol–water partition coefficient (Wildman–Crippen LogP) is 3.15. The van der Waals surface area contributed by atoms with E-state index in [0.717, 1.165) is 67.9 Å². The molecule has 0 atom stereocenters. The van der Waals surface area contributed by atoms with Gasteiger partial charge in [-0.15, -0.1) is 10.2 Å². The molecular formula is C24H22ClFN8. The van der Waals surface area contributed by atoms with Crippen LogP contribution in [0, 0.1) is 22.6 Å². The Hall–Kier alpha value is -3.22. The molecule has 10 heteroatoms. The number of hydrogen-bond acceptors (Lipinski definition) is 7. The van der Waals surface area contributed by atoms with Gasteiger partial charge in [0.05, 0.1) is 24.5 Å². The van der Waals surface area contributed by atoms with Crippen LogP contribution in [0.25, 0.3) is 5.69 Å². The molecule has 7 rings (SSSR count). The third-order valence-corrected chi connectivity index (χ3v) is 7.88. The number of halogens is 2. The Bertz CT molecular complexity index is 1330. The first-order chi connectivity index (χ1) is 16.5. The van der Waals surface area contributed by atoms with Crippen molar-refractivity contribution in [2.75, 3.05) is 36.0 Å². The van der Waals surface area contributed by atoms with Crippen LogP contribution in [-0.2, 0) is 13.1 Å². The summed E-state index contributed by atoms with van der Waals surface area (Å²) in [6.45, 7) is 4.81. The second-order valence-corrected chi connectivity index (χ2v) is 10.5. The van der Waals surface area contributed by atoms with E-state index in [4.69, 9.17) is 11.6 Å². The molecule has 172 valence electrons. The van der Waals surface area contributed by atoms with Crippen LogP contribution in [0.4, 0.5) is 16.2 Å². The molecule has 3 aromatic rings. The maximum Gasteiger partial charge on any atom is 0.231 e. The highest BCUT2D eigenvalue weighted by Gasteiger charge is 2.54. The summed E-state index contributed by atoms with van der Waals surface area (Å²) in [6.07, 6.45) is 3.03. The Kier molecular flexibility index (Phi) is 4.10. The van der Waals surface area contributed by atoms with E-state index in [1.165, 1.54) is 12.3 Å². The highest BCUT2D eigenvalue weighted by Crippen LogP contribution is 2.46. The summed E-state index contributed by atoms with van der Waals surface area (Å²) in [5.74, 6) is 2.19. The summed E-state index contributed by atoms with van der Waals surface area (Å²) in [5, 5.41) is 19.6. The highest BCUT2D eigenvalue weighted by atomic mass is 35.5. The monoisotopic (exact) mass is 476 g/mol. The van der Waals surface area contributed by atoms with Gasteiger partial charge in [-0.25, -0.2) is 9.37 Å². The van der Waals surface area contributed by atoms with E-state index in [-0.39, 0.29) is 11.2 Å². The fourth-order valence-electron chi connectivity index (χ4n) is 5.70. The number of benzene rings is 1. The first-order valence-corrected chi connectivity index (χ1v) is 11.9. The van der Waals surface area contributed by atoms with E-state index in [1.807, 2.05) is 18.2 Å². The highest BCUT2D eigenvalue weighted by molar-refractivity contribution is 6.30. The lowest BCUT2D eigenvalue weighted by Crippen LogP contribution is -2.73. The lowest BCUT2D eigenvalue weighted by Gasteiger charge is -2.60. The largest absolute Gasteiger partial charge is 0.355 e. The predicted molar refractivity (Wildman–Crippen MR) is 124 cm³/mol. The van der Waals surface area contributed by atoms with Crippen LogP contribution in [0.3, 0.4) is 0 Å². The molecule has 5 heterocycles. The third-order valence-electron chi connectivity index (χ3n) is 7.65. The maximum atomic E-state index is 13.2. The van der Waals surface area contributed by atoms with Gasteiger partial charge in [-0.1, -0.05) is 11.6 Å².